The zero-order chi connectivity index (χ0) is 21.4. The zero-order valence-corrected chi connectivity index (χ0v) is 17.4. The number of amides is 2. The van der Waals surface area contributed by atoms with Gasteiger partial charge in [-0.15, -0.1) is 0 Å². The number of ether oxygens (including phenoxy) is 1. The van der Waals surface area contributed by atoms with Crippen LogP contribution in [0.15, 0.2) is 48.5 Å². The predicted octanol–water partition coefficient (Wildman–Crippen LogP) is 3.84. The van der Waals surface area contributed by atoms with Gasteiger partial charge in [-0.25, -0.2) is 4.39 Å². The van der Waals surface area contributed by atoms with E-state index >= 15 is 0 Å². The second-order valence-corrected chi connectivity index (χ2v) is 7.25. The first-order valence-electron chi connectivity index (χ1n) is 9.85. The summed E-state index contributed by atoms with van der Waals surface area (Å²) in [5.74, 6) is -1.11. The van der Waals surface area contributed by atoms with Crippen molar-refractivity contribution in [1.29, 1.82) is 0 Å². The summed E-state index contributed by atoms with van der Waals surface area (Å²) in [4.78, 5) is 27.3. The van der Waals surface area contributed by atoms with Gasteiger partial charge in [-0.2, -0.15) is 0 Å². The maximum atomic E-state index is 13.8. The van der Waals surface area contributed by atoms with Crippen molar-refractivity contribution in [2.45, 2.75) is 52.7 Å². The third-order valence-electron chi connectivity index (χ3n) is 4.61. The van der Waals surface area contributed by atoms with Crippen LogP contribution in [0.4, 0.5) is 4.39 Å². The van der Waals surface area contributed by atoms with Crippen LogP contribution in [0.2, 0.25) is 0 Å². The van der Waals surface area contributed by atoms with Gasteiger partial charge in [0, 0.05) is 12.6 Å². The van der Waals surface area contributed by atoms with Crippen molar-refractivity contribution in [2.75, 3.05) is 6.61 Å². The fourth-order valence-corrected chi connectivity index (χ4v) is 3.06. The van der Waals surface area contributed by atoms with Crippen molar-refractivity contribution in [2.24, 2.45) is 0 Å². The Balaban J connectivity index is 2.24. The third-order valence-corrected chi connectivity index (χ3v) is 4.61. The van der Waals surface area contributed by atoms with E-state index in [1.165, 1.54) is 17.0 Å². The van der Waals surface area contributed by atoms with Crippen LogP contribution < -0.4 is 10.1 Å². The molecule has 0 fully saturated rings. The molecule has 5 nitrogen and oxygen atoms in total. The average molecular weight is 400 g/mol. The van der Waals surface area contributed by atoms with Gasteiger partial charge in [0.15, 0.2) is 18.2 Å². The summed E-state index contributed by atoms with van der Waals surface area (Å²) >= 11 is 0. The Morgan fingerprint density at radius 3 is 2.38 bits per heavy atom. The molecule has 0 aliphatic heterocycles. The molecule has 6 heteroatoms. The van der Waals surface area contributed by atoms with Crippen molar-refractivity contribution in [3.63, 3.8) is 0 Å². The van der Waals surface area contributed by atoms with Crippen LogP contribution in [0.3, 0.4) is 0 Å². The molecule has 156 valence electrons. The van der Waals surface area contributed by atoms with Crippen molar-refractivity contribution < 1.29 is 18.7 Å². The van der Waals surface area contributed by atoms with E-state index in [-0.39, 0.29) is 36.8 Å². The average Bonchev–Trinajstić information content (AvgIpc) is 2.68. The molecule has 2 amide bonds. The maximum absolute atomic E-state index is 13.8. The standard InChI is InChI=1S/C23H29FN2O3/c1-5-20(23(28)25-16(2)3)26(14-18-11-7-6-10-17(18)4)22(27)15-29-21-13-9-8-12-19(21)24/h6-13,16,20H,5,14-15H2,1-4H3,(H,25,28)/t20-/m0/s1. The van der Waals surface area contributed by atoms with Crippen molar-refractivity contribution in [1.82, 2.24) is 10.2 Å². The number of nitrogens with one attached hydrogen (secondary N) is 1. The summed E-state index contributed by atoms with van der Waals surface area (Å²) < 4.78 is 19.2. The van der Waals surface area contributed by atoms with Gasteiger partial charge in [0.05, 0.1) is 0 Å². The number of carbonyl (C=O) groups is 2. The monoisotopic (exact) mass is 400 g/mol. The molecule has 0 saturated heterocycles. The van der Waals surface area contributed by atoms with Crippen molar-refractivity contribution >= 4 is 11.8 Å². The van der Waals surface area contributed by atoms with Gasteiger partial charge < -0.3 is 15.0 Å². The van der Waals surface area contributed by atoms with Crippen molar-refractivity contribution in [3.8, 4) is 5.75 Å². The van der Waals surface area contributed by atoms with Gasteiger partial charge >= 0.3 is 0 Å². The highest BCUT2D eigenvalue weighted by Gasteiger charge is 2.29. The highest BCUT2D eigenvalue weighted by atomic mass is 19.1. The number of carbonyl (C=O) groups excluding carboxylic acids is 2. The molecule has 0 bridgehead atoms. The second-order valence-electron chi connectivity index (χ2n) is 7.25. The van der Waals surface area contributed by atoms with Crippen LogP contribution in [0.5, 0.6) is 5.75 Å². The molecule has 1 N–H and O–H groups in total. The summed E-state index contributed by atoms with van der Waals surface area (Å²) in [5, 5.41) is 2.88. The number of hydrogen-bond acceptors (Lipinski definition) is 3. The molecule has 0 saturated carbocycles. The molecule has 2 rings (SSSR count). The molecule has 0 aromatic heterocycles. The normalized spacial score (nSPS) is 11.8. The Labute approximate surface area is 171 Å². The highest BCUT2D eigenvalue weighted by Crippen LogP contribution is 2.18. The second kappa shape index (κ2) is 10.6. The third kappa shape index (κ3) is 6.31. The van der Waals surface area contributed by atoms with Gasteiger partial charge in [-0.1, -0.05) is 43.3 Å². The largest absolute Gasteiger partial charge is 0.481 e. The first-order chi connectivity index (χ1) is 13.8. The lowest BCUT2D eigenvalue weighted by Crippen LogP contribution is -2.51. The van der Waals surface area contributed by atoms with Crippen LogP contribution in [0.25, 0.3) is 0 Å². The number of aryl methyl sites for hydroxylation is 1. The van der Waals surface area contributed by atoms with Crippen LogP contribution in [-0.4, -0.2) is 35.4 Å². The number of para-hydroxylation sites is 1. The molecule has 0 spiro atoms. The topological polar surface area (TPSA) is 58.6 Å². The van der Waals surface area contributed by atoms with Crippen LogP contribution in [0, 0.1) is 12.7 Å². The quantitative estimate of drug-likeness (QED) is 0.696. The minimum atomic E-state index is -0.645. The molecule has 0 unspecified atom stereocenters. The van der Waals surface area contributed by atoms with E-state index in [9.17, 15) is 14.0 Å². The zero-order valence-electron chi connectivity index (χ0n) is 17.4. The molecule has 29 heavy (non-hydrogen) atoms. The van der Waals surface area contributed by atoms with Crippen LogP contribution >= 0.6 is 0 Å². The number of hydrogen-bond donors (Lipinski definition) is 1. The Hall–Kier alpha value is -2.89. The van der Waals surface area contributed by atoms with Gasteiger partial charge in [0.1, 0.15) is 6.04 Å². The summed E-state index contributed by atoms with van der Waals surface area (Å²) in [6.07, 6.45) is 0.454. The molecular weight excluding hydrogens is 371 g/mol. The Kier molecular flexibility index (Phi) is 8.19. The lowest BCUT2D eigenvalue weighted by molar-refractivity contribution is -0.143. The molecule has 2 aromatic carbocycles. The molecule has 0 aliphatic rings. The molecular formula is C23H29FN2O3. The first kappa shape index (κ1) is 22.4. The van der Waals surface area contributed by atoms with Gasteiger partial charge in [0.25, 0.3) is 5.91 Å². The fraction of sp³-hybridized carbons (Fsp3) is 0.391. The molecule has 2 aromatic rings. The minimum absolute atomic E-state index is 0.0105. The number of nitrogens with zero attached hydrogens (tertiary/aromatic N) is 1. The number of halogens is 1. The summed E-state index contributed by atoms with van der Waals surface area (Å²) in [6, 6.07) is 13.0. The van der Waals surface area contributed by atoms with E-state index < -0.39 is 11.9 Å². The molecule has 0 heterocycles. The maximum Gasteiger partial charge on any atom is 0.261 e. The molecule has 0 radical (unpaired) electrons. The fourth-order valence-electron chi connectivity index (χ4n) is 3.06. The van der Waals surface area contributed by atoms with E-state index in [4.69, 9.17) is 4.74 Å². The van der Waals surface area contributed by atoms with E-state index in [0.29, 0.717) is 6.42 Å². The molecule has 1 atom stereocenters. The van der Waals surface area contributed by atoms with Gasteiger partial charge in [-0.3, -0.25) is 9.59 Å². The predicted molar refractivity (Wildman–Crippen MR) is 111 cm³/mol. The lowest BCUT2D eigenvalue weighted by atomic mass is 10.1. The Bertz CT molecular complexity index is 838. The van der Waals surface area contributed by atoms with E-state index in [1.54, 1.807) is 12.1 Å². The van der Waals surface area contributed by atoms with E-state index in [1.807, 2.05) is 52.0 Å². The van der Waals surface area contributed by atoms with Gasteiger partial charge in [-0.05, 0) is 50.5 Å². The number of benzene rings is 2. The Morgan fingerprint density at radius 2 is 1.76 bits per heavy atom. The lowest BCUT2D eigenvalue weighted by Gasteiger charge is -2.31. The minimum Gasteiger partial charge on any atom is -0.481 e. The first-order valence-corrected chi connectivity index (χ1v) is 9.85. The summed E-state index contributed by atoms with van der Waals surface area (Å²) in [6.45, 7) is 7.50. The SMILES string of the molecule is CC[C@@H](C(=O)NC(C)C)N(Cc1ccccc1C)C(=O)COc1ccccc1F. The van der Waals surface area contributed by atoms with Crippen LogP contribution in [0.1, 0.15) is 38.3 Å². The smallest absolute Gasteiger partial charge is 0.261 e. The summed E-state index contributed by atoms with van der Waals surface area (Å²) in [7, 11) is 0. The number of rotatable bonds is 9. The van der Waals surface area contributed by atoms with Gasteiger partial charge in [0.2, 0.25) is 5.91 Å². The Morgan fingerprint density at radius 1 is 1.10 bits per heavy atom. The summed E-state index contributed by atoms with van der Waals surface area (Å²) in [5.41, 5.74) is 1.97. The van der Waals surface area contributed by atoms with Crippen LogP contribution in [-0.2, 0) is 16.1 Å². The van der Waals surface area contributed by atoms with E-state index in [2.05, 4.69) is 5.32 Å². The van der Waals surface area contributed by atoms with E-state index in [0.717, 1.165) is 11.1 Å². The molecule has 0 aliphatic carbocycles. The van der Waals surface area contributed by atoms with Crippen molar-refractivity contribution in [3.05, 3.63) is 65.5 Å². The highest BCUT2D eigenvalue weighted by molar-refractivity contribution is 5.88.